The number of ketones is 1. The third-order valence-corrected chi connectivity index (χ3v) is 5.66. The van der Waals surface area contributed by atoms with E-state index in [0.717, 1.165) is 11.1 Å². The predicted octanol–water partition coefficient (Wildman–Crippen LogP) is 4.90. The summed E-state index contributed by atoms with van der Waals surface area (Å²) < 4.78 is 4.73. The summed E-state index contributed by atoms with van der Waals surface area (Å²) in [6.07, 6.45) is 0. The first-order valence-electron chi connectivity index (χ1n) is 10.6. The number of aliphatic hydroxyl groups is 1. The van der Waals surface area contributed by atoms with Crippen molar-refractivity contribution in [1.82, 2.24) is 0 Å². The third kappa shape index (κ3) is 4.17. The number of nitrogens with zero attached hydrogens (tertiary/aromatic N) is 1. The largest absolute Gasteiger partial charge is 0.503 e. The Morgan fingerprint density at radius 2 is 1.56 bits per heavy atom. The number of carbonyl (C=O) groups excluding carboxylic acids is 3. The van der Waals surface area contributed by atoms with E-state index in [9.17, 15) is 19.5 Å². The van der Waals surface area contributed by atoms with Crippen molar-refractivity contribution in [1.29, 1.82) is 0 Å². The highest BCUT2D eigenvalue weighted by Gasteiger charge is 2.44. The third-order valence-electron chi connectivity index (χ3n) is 5.66. The quantitative estimate of drug-likeness (QED) is 0.676. The Bertz CT molecular complexity index is 1070. The summed E-state index contributed by atoms with van der Waals surface area (Å²) in [4.78, 5) is 39.3. The average molecular weight is 436 g/mol. The van der Waals surface area contributed by atoms with Gasteiger partial charge in [-0.05, 0) is 40.8 Å². The zero-order valence-corrected chi connectivity index (χ0v) is 19.3. The van der Waals surface area contributed by atoms with Gasteiger partial charge in [0, 0.05) is 11.6 Å². The van der Waals surface area contributed by atoms with Crippen LogP contribution in [0.15, 0.2) is 59.9 Å². The number of methoxy groups -OCH3 is 1. The van der Waals surface area contributed by atoms with E-state index < -0.39 is 29.6 Å². The lowest BCUT2D eigenvalue weighted by atomic mass is 9.85. The Kier molecular flexibility index (Phi) is 6.26. The summed E-state index contributed by atoms with van der Waals surface area (Å²) >= 11 is 0. The normalized spacial score (nSPS) is 16.7. The molecule has 2 aromatic rings. The molecule has 1 aliphatic rings. The van der Waals surface area contributed by atoms with Gasteiger partial charge >= 0.3 is 5.97 Å². The first kappa shape index (κ1) is 23.3. The van der Waals surface area contributed by atoms with Crippen LogP contribution in [0.4, 0.5) is 5.69 Å². The second-order valence-corrected chi connectivity index (χ2v) is 9.27. The summed E-state index contributed by atoms with van der Waals surface area (Å²) in [6.45, 7) is 9.79. The van der Waals surface area contributed by atoms with E-state index in [1.807, 2.05) is 24.3 Å². The van der Waals surface area contributed by atoms with Crippen molar-refractivity contribution in [3.8, 4) is 0 Å². The van der Waals surface area contributed by atoms with Gasteiger partial charge in [-0.3, -0.25) is 14.5 Å². The lowest BCUT2D eigenvalue weighted by Crippen LogP contribution is -2.31. The number of ether oxygens (including phenoxy) is 1. The summed E-state index contributed by atoms with van der Waals surface area (Å²) in [7, 11) is 1.29. The fourth-order valence-electron chi connectivity index (χ4n) is 3.79. The number of esters is 1. The van der Waals surface area contributed by atoms with Gasteiger partial charge in [0.05, 0.1) is 24.3 Å². The van der Waals surface area contributed by atoms with Crippen molar-refractivity contribution in [3.63, 3.8) is 0 Å². The topological polar surface area (TPSA) is 83.9 Å². The van der Waals surface area contributed by atoms with Gasteiger partial charge in [-0.2, -0.15) is 0 Å². The highest BCUT2D eigenvalue weighted by atomic mass is 16.5. The number of hydrogen-bond donors (Lipinski definition) is 1. The molecule has 168 valence electrons. The minimum atomic E-state index is -0.768. The van der Waals surface area contributed by atoms with Crippen LogP contribution in [0.5, 0.6) is 0 Å². The summed E-state index contributed by atoms with van der Waals surface area (Å²) in [6, 6.07) is 13.3. The van der Waals surface area contributed by atoms with Crippen molar-refractivity contribution >= 4 is 23.3 Å². The van der Waals surface area contributed by atoms with Crippen LogP contribution in [0.3, 0.4) is 0 Å². The highest BCUT2D eigenvalue weighted by molar-refractivity contribution is 6.17. The van der Waals surface area contributed by atoms with Crippen LogP contribution in [0.2, 0.25) is 0 Å². The lowest BCUT2D eigenvalue weighted by Gasteiger charge is -2.28. The van der Waals surface area contributed by atoms with Crippen LogP contribution < -0.4 is 4.90 Å². The monoisotopic (exact) mass is 435 g/mol. The molecule has 0 aromatic heterocycles. The van der Waals surface area contributed by atoms with Crippen LogP contribution >= 0.6 is 0 Å². The van der Waals surface area contributed by atoms with Crippen LogP contribution in [-0.4, -0.2) is 29.9 Å². The zero-order valence-electron chi connectivity index (χ0n) is 19.3. The molecule has 3 rings (SSSR count). The molecule has 0 aliphatic carbocycles. The van der Waals surface area contributed by atoms with E-state index in [-0.39, 0.29) is 16.8 Å². The molecule has 0 radical (unpaired) electrons. The van der Waals surface area contributed by atoms with Crippen LogP contribution in [0.25, 0.3) is 0 Å². The van der Waals surface area contributed by atoms with Crippen molar-refractivity contribution < 1.29 is 24.2 Å². The molecule has 1 N–H and O–H groups in total. The fraction of sp³-hybridized carbons (Fsp3) is 0.346. The molecule has 6 heteroatoms. The molecule has 1 amide bonds. The molecule has 0 saturated heterocycles. The van der Waals surface area contributed by atoms with Crippen LogP contribution in [0, 0.1) is 5.92 Å². The van der Waals surface area contributed by atoms with Gasteiger partial charge in [0.1, 0.15) is 0 Å². The molecule has 1 heterocycles. The van der Waals surface area contributed by atoms with Gasteiger partial charge in [0.15, 0.2) is 11.5 Å². The molecule has 2 aromatic carbocycles. The predicted molar refractivity (Wildman–Crippen MR) is 123 cm³/mol. The van der Waals surface area contributed by atoms with E-state index in [1.165, 1.54) is 12.0 Å². The summed E-state index contributed by atoms with van der Waals surface area (Å²) in [5.41, 5.74) is 2.67. The maximum absolute atomic E-state index is 13.1. The van der Waals surface area contributed by atoms with Crippen molar-refractivity contribution in [2.24, 2.45) is 5.92 Å². The Morgan fingerprint density at radius 1 is 1.00 bits per heavy atom. The van der Waals surface area contributed by atoms with Gasteiger partial charge in [0.25, 0.3) is 5.91 Å². The van der Waals surface area contributed by atoms with E-state index in [0.29, 0.717) is 11.3 Å². The second-order valence-electron chi connectivity index (χ2n) is 9.27. The lowest BCUT2D eigenvalue weighted by molar-refractivity contribution is -0.119. The first-order valence-corrected chi connectivity index (χ1v) is 10.6. The van der Waals surface area contributed by atoms with Crippen molar-refractivity contribution in [2.45, 2.75) is 46.1 Å². The molecule has 32 heavy (non-hydrogen) atoms. The number of carbonyl (C=O) groups is 3. The molecule has 0 fully saturated rings. The maximum atomic E-state index is 13.1. The minimum Gasteiger partial charge on any atom is -0.503 e. The molecule has 1 unspecified atom stereocenters. The fourth-order valence-corrected chi connectivity index (χ4v) is 3.79. The van der Waals surface area contributed by atoms with Gasteiger partial charge in [-0.15, -0.1) is 0 Å². The minimum absolute atomic E-state index is 0.0536. The van der Waals surface area contributed by atoms with Gasteiger partial charge in [0.2, 0.25) is 0 Å². The van der Waals surface area contributed by atoms with E-state index >= 15 is 0 Å². The average Bonchev–Trinajstić information content (AvgIpc) is 3.02. The number of Topliss-reactive ketones (excluding diaryl/α,β-unsaturated/α-hetero) is 1. The SMILES string of the molecule is COC(=O)c1ccc(N2C(=O)C(O)=C(C(=O)C(C)C)C2c2ccc(C(C)(C)C)cc2)cc1. The molecular formula is C26H29NO5. The van der Waals surface area contributed by atoms with Crippen LogP contribution in [0.1, 0.15) is 62.1 Å². The molecule has 0 spiro atoms. The summed E-state index contributed by atoms with van der Waals surface area (Å²) in [5, 5.41) is 10.7. The second kappa shape index (κ2) is 8.61. The Hall–Kier alpha value is -3.41. The zero-order chi connectivity index (χ0) is 23.8. The number of hydrogen-bond acceptors (Lipinski definition) is 5. The molecule has 0 saturated carbocycles. The van der Waals surface area contributed by atoms with Gasteiger partial charge in [-0.1, -0.05) is 58.9 Å². The number of aliphatic hydroxyl groups excluding tert-OH is 1. The maximum Gasteiger partial charge on any atom is 0.337 e. The standard InChI is InChI=1S/C26H29NO5/c1-15(2)22(28)20-21(16-7-11-18(12-8-16)26(3,4)5)27(24(30)23(20)29)19-13-9-17(10-14-19)25(31)32-6/h7-15,21,29H,1-6H3. The highest BCUT2D eigenvalue weighted by Crippen LogP contribution is 2.42. The van der Waals surface area contributed by atoms with E-state index in [2.05, 4.69) is 20.8 Å². The number of amides is 1. The van der Waals surface area contributed by atoms with E-state index in [1.54, 1.807) is 38.1 Å². The van der Waals surface area contributed by atoms with Crippen molar-refractivity contribution in [2.75, 3.05) is 12.0 Å². The molecule has 0 bridgehead atoms. The van der Waals surface area contributed by atoms with Crippen LogP contribution in [-0.2, 0) is 19.7 Å². The molecular weight excluding hydrogens is 406 g/mol. The smallest absolute Gasteiger partial charge is 0.337 e. The van der Waals surface area contributed by atoms with Gasteiger partial charge < -0.3 is 9.84 Å². The van der Waals surface area contributed by atoms with Crippen molar-refractivity contribution in [3.05, 3.63) is 76.6 Å². The number of benzene rings is 2. The Morgan fingerprint density at radius 3 is 2.03 bits per heavy atom. The first-order chi connectivity index (χ1) is 15.0. The molecule has 1 aliphatic heterocycles. The molecule has 1 atom stereocenters. The van der Waals surface area contributed by atoms with Gasteiger partial charge in [-0.25, -0.2) is 4.79 Å². The molecule has 6 nitrogen and oxygen atoms in total. The van der Waals surface area contributed by atoms with E-state index in [4.69, 9.17) is 4.74 Å². The summed E-state index contributed by atoms with van der Waals surface area (Å²) in [5.74, 6) is -2.35. The number of rotatable bonds is 5. The Balaban J connectivity index is 2.12. The number of anilines is 1. The Labute approximate surface area is 188 Å².